The molecule has 0 aliphatic carbocycles. The Balaban J connectivity index is 2.53. The zero-order chi connectivity index (χ0) is 13.5. The van der Waals surface area contributed by atoms with Crippen molar-refractivity contribution in [3.63, 3.8) is 0 Å². The van der Waals surface area contributed by atoms with Gasteiger partial charge in [0.1, 0.15) is 0 Å². The maximum atomic E-state index is 4.30. The number of imidazole rings is 1. The van der Waals surface area contributed by atoms with Crippen molar-refractivity contribution in [3.8, 4) is 0 Å². The smallest absolute Gasteiger partial charge is 0.0951 e. The molecular formula is C15H29N3. The summed E-state index contributed by atoms with van der Waals surface area (Å²) in [4.78, 5) is 4.30. The molecule has 0 saturated carbocycles. The molecule has 0 amide bonds. The summed E-state index contributed by atoms with van der Waals surface area (Å²) in [6.45, 7) is 13.3. The van der Waals surface area contributed by atoms with Crippen LogP contribution in [0.15, 0.2) is 12.5 Å². The highest BCUT2D eigenvalue weighted by atomic mass is 15.1. The lowest BCUT2D eigenvalue weighted by Gasteiger charge is -2.20. The largest absolute Gasteiger partial charge is 0.331 e. The van der Waals surface area contributed by atoms with Crippen LogP contribution in [0.4, 0.5) is 0 Å². The molecule has 3 heteroatoms. The minimum Gasteiger partial charge on any atom is -0.331 e. The highest BCUT2D eigenvalue weighted by Crippen LogP contribution is 2.20. The molecule has 1 aromatic rings. The summed E-state index contributed by atoms with van der Waals surface area (Å²) in [5.74, 6) is 1.47. The van der Waals surface area contributed by atoms with Gasteiger partial charge in [0.2, 0.25) is 0 Å². The average molecular weight is 251 g/mol. The standard InChI is InChI=1S/C15H29N3/c1-6-13(4)7-14(5)18-11-17-10-15(18)9-16-8-12(2)3/h10-14,16H,6-9H2,1-5H3. The lowest BCUT2D eigenvalue weighted by molar-refractivity contribution is 0.388. The first-order valence-electron chi connectivity index (χ1n) is 7.26. The van der Waals surface area contributed by atoms with E-state index < -0.39 is 0 Å². The van der Waals surface area contributed by atoms with Crippen molar-refractivity contribution in [2.75, 3.05) is 6.54 Å². The molecule has 0 aliphatic heterocycles. The molecule has 0 aromatic carbocycles. The molecule has 0 saturated heterocycles. The van der Waals surface area contributed by atoms with Gasteiger partial charge in [-0.25, -0.2) is 4.98 Å². The Morgan fingerprint density at radius 3 is 2.61 bits per heavy atom. The molecule has 1 N–H and O–H groups in total. The SMILES string of the molecule is CCC(C)CC(C)n1cncc1CNCC(C)C. The molecule has 1 heterocycles. The zero-order valence-corrected chi connectivity index (χ0v) is 12.6. The van der Waals surface area contributed by atoms with Gasteiger partial charge < -0.3 is 9.88 Å². The lowest BCUT2D eigenvalue weighted by Crippen LogP contribution is -2.22. The summed E-state index contributed by atoms with van der Waals surface area (Å²) in [5, 5.41) is 3.49. The second kappa shape index (κ2) is 7.57. The molecule has 3 nitrogen and oxygen atoms in total. The molecule has 2 atom stereocenters. The molecule has 104 valence electrons. The molecule has 0 aliphatic rings. The molecule has 1 aromatic heterocycles. The van der Waals surface area contributed by atoms with E-state index in [0.29, 0.717) is 12.0 Å². The van der Waals surface area contributed by atoms with E-state index in [2.05, 4.69) is 49.5 Å². The molecule has 0 radical (unpaired) electrons. The summed E-state index contributed by atoms with van der Waals surface area (Å²) in [6.07, 6.45) is 6.43. The van der Waals surface area contributed by atoms with Crippen LogP contribution >= 0.6 is 0 Å². The van der Waals surface area contributed by atoms with Gasteiger partial charge in [0.05, 0.1) is 12.0 Å². The van der Waals surface area contributed by atoms with Crippen molar-refractivity contribution in [1.29, 1.82) is 0 Å². The number of rotatable bonds is 8. The molecule has 0 spiro atoms. The predicted octanol–water partition coefficient (Wildman–Crippen LogP) is 3.63. The van der Waals surface area contributed by atoms with E-state index >= 15 is 0 Å². The van der Waals surface area contributed by atoms with Crippen LogP contribution in [0.5, 0.6) is 0 Å². The summed E-state index contributed by atoms with van der Waals surface area (Å²) in [7, 11) is 0. The second-order valence-corrected chi connectivity index (χ2v) is 5.92. The molecule has 2 unspecified atom stereocenters. The van der Waals surface area contributed by atoms with Crippen LogP contribution in [0.3, 0.4) is 0 Å². The minimum absolute atomic E-state index is 0.540. The lowest BCUT2D eigenvalue weighted by atomic mass is 10.0. The average Bonchev–Trinajstić information content (AvgIpc) is 2.76. The summed E-state index contributed by atoms with van der Waals surface area (Å²) in [6, 6.07) is 0.540. The van der Waals surface area contributed by atoms with Crippen molar-refractivity contribution in [1.82, 2.24) is 14.9 Å². The molecule has 1 rings (SSSR count). The predicted molar refractivity (Wildman–Crippen MR) is 77.6 cm³/mol. The first kappa shape index (κ1) is 15.2. The Morgan fingerprint density at radius 2 is 2.00 bits per heavy atom. The van der Waals surface area contributed by atoms with Crippen LogP contribution < -0.4 is 5.32 Å². The quantitative estimate of drug-likeness (QED) is 0.764. The fourth-order valence-corrected chi connectivity index (χ4v) is 2.22. The summed E-state index contributed by atoms with van der Waals surface area (Å²) in [5.41, 5.74) is 1.30. The van der Waals surface area contributed by atoms with Crippen molar-refractivity contribution in [2.24, 2.45) is 11.8 Å². The van der Waals surface area contributed by atoms with Crippen molar-refractivity contribution in [3.05, 3.63) is 18.2 Å². The van der Waals surface area contributed by atoms with Gasteiger partial charge >= 0.3 is 0 Å². The number of aromatic nitrogens is 2. The number of nitrogens with one attached hydrogen (secondary N) is 1. The van der Waals surface area contributed by atoms with Gasteiger partial charge in [0.15, 0.2) is 0 Å². The summed E-state index contributed by atoms with van der Waals surface area (Å²) >= 11 is 0. The highest BCUT2D eigenvalue weighted by molar-refractivity contribution is 5.00. The third-order valence-corrected chi connectivity index (χ3v) is 3.52. The second-order valence-electron chi connectivity index (χ2n) is 5.92. The maximum absolute atomic E-state index is 4.30. The van der Waals surface area contributed by atoms with Crippen molar-refractivity contribution >= 4 is 0 Å². The van der Waals surface area contributed by atoms with Gasteiger partial charge in [-0.1, -0.05) is 34.1 Å². The Morgan fingerprint density at radius 1 is 1.28 bits per heavy atom. The van der Waals surface area contributed by atoms with Crippen LogP contribution in [0.1, 0.15) is 59.2 Å². The van der Waals surface area contributed by atoms with E-state index in [1.165, 1.54) is 18.5 Å². The Hall–Kier alpha value is -0.830. The molecule has 18 heavy (non-hydrogen) atoms. The van der Waals surface area contributed by atoms with Crippen LogP contribution in [-0.4, -0.2) is 16.1 Å². The van der Waals surface area contributed by atoms with Gasteiger partial charge in [-0.3, -0.25) is 0 Å². The molecule has 0 fully saturated rings. The van der Waals surface area contributed by atoms with Crippen molar-refractivity contribution < 1.29 is 0 Å². The minimum atomic E-state index is 0.540. The van der Waals surface area contributed by atoms with Crippen LogP contribution in [0.2, 0.25) is 0 Å². The fraction of sp³-hybridized carbons (Fsp3) is 0.800. The van der Waals surface area contributed by atoms with E-state index in [-0.39, 0.29) is 0 Å². The van der Waals surface area contributed by atoms with E-state index in [9.17, 15) is 0 Å². The normalized spacial score (nSPS) is 15.0. The first-order valence-corrected chi connectivity index (χ1v) is 7.26. The third kappa shape index (κ3) is 4.81. The van der Waals surface area contributed by atoms with Crippen LogP contribution in [-0.2, 0) is 6.54 Å². The van der Waals surface area contributed by atoms with Gasteiger partial charge in [0, 0.05) is 18.8 Å². The Kier molecular flexibility index (Phi) is 6.41. The Bertz CT molecular complexity index is 330. The van der Waals surface area contributed by atoms with Gasteiger partial charge in [-0.15, -0.1) is 0 Å². The molecule has 0 bridgehead atoms. The van der Waals surface area contributed by atoms with Gasteiger partial charge in [0.25, 0.3) is 0 Å². The van der Waals surface area contributed by atoms with E-state index in [4.69, 9.17) is 0 Å². The first-order chi connectivity index (χ1) is 8.54. The van der Waals surface area contributed by atoms with E-state index in [0.717, 1.165) is 19.0 Å². The topological polar surface area (TPSA) is 29.9 Å². The van der Waals surface area contributed by atoms with Crippen molar-refractivity contribution in [2.45, 2.75) is 60.0 Å². The third-order valence-electron chi connectivity index (χ3n) is 3.52. The van der Waals surface area contributed by atoms with E-state index in [1.807, 2.05) is 12.5 Å². The van der Waals surface area contributed by atoms with Crippen LogP contribution in [0.25, 0.3) is 0 Å². The maximum Gasteiger partial charge on any atom is 0.0951 e. The fourth-order valence-electron chi connectivity index (χ4n) is 2.22. The van der Waals surface area contributed by atoms with Crippen LogP contribution in [0, 0.1) is 11.8 Å². The highest BCUT2D eigenvalue weighted by Gasteiger charge is 2.12. The number of hydrogen-bond acceptors (Lipinski definition) is 2. The number of nitrogens with zero attached hydrogens (tertiary/aromatic N) is 2. The Labute approximate surface area is 112 Å². The zero-order valence-electron chi connectivity index (χ0n) is 12.6. The van der Waals surface area contributed by atoms with Gasteiger partial charge in [-0.2, -0.15) is 0 Å². The monoisotopic (exact) mass is 251 g/mol. The van der Waals surface area contributed by atoms with E-state index in [1.54, 1.807) is 0 Å². The summed E-state index contributed by atoms with van der Waals surface area (Å²) < 4.78 is 2.32. The van der Waals surface area contributed by atoms with Gasteiger partial charge in [-0.05, 0) is 31.7 Å². The number of hydrogen-bond donors (Lipinski definition) is 1. The molecular weight excluding hydrogens is 222 g/mol.